The summed E-state index contributed by atoms with van der Waals surface area (Å²) >= 11 is 0. The molecule has 1 saturated carbocycles. The molecule has 4 nitrogen and oxygen atoms in total. The lowest BCUT2D eigenvalue weighted by molar-refractivity contribution is -0.137. The molecule has 0 saturated heterocycles. The third-order valence-corrected chi connectivity index (χ3v) is 2.41. The Bertz CT molecular complexity index is 223. The van der Waals surface area contributed by atoms with Crippen molar-refractivity contribution in [2.24, 2.45) is 5.92 Å². The molecule has 0 radical (unpaired) electrons. The van der Waals surface area contributed by atoms with Crippen LogP contribution in [-0.4, -0.2) is 23.0 Å². The highest BCUT2D eigenvalue weighted by atomic mass is 16.4. The lowest BCUT2D eigenvalue weighted by atomic mass is 10.1. The van der Waals surface area contributed by atoms with Crippen molar-refractivity contribution in [2.75, 3.05) is 0 Å². The number of hydrogen-bond donors (Lipinski definition) is 2. The Labute approximate surface area is 83.7 Å². The lowest BCUT2D eigenvalue weighted by Gasteiger charge is -2.15. The second kappa shape index (κ2) is 4.98. The number of rotatable bonds is 6. The SMILES string of the molecule is CCCC(=O)NC(CC(=O)O)C1CC1. The fourth-order valence-corrected chi connectivity index (χ4v) is 1.53. The molecule has 1 aliphatic carbocycles. The van der Waals surface area contributed by atoms with E-state index in [4.69, 9.17) is 5.11 Å². The first-order valence-corrected chi connectivity index (χ1v) is 5.14. The standard InChI is InChI=1S/C10H17NO3/c1-2-3-9(12)11-8(6-10(13)14)7-4-5-7/h7-8H,2-6H2,1H3,(H,11,12)(H,13,14). The summed E-state index contributed by atoms with van der Waals surface area (Å²) < 4.78 is 0. The first-order valence-electron chi connectivity index (χ1n) is 5.14. The molecule has 80 valence electrons. The largest absolute Gasteiger partial charge is 0.481 e. The molecule has 0 aromatic heterocycles. The summed E-state index contributed by atoms with van der Waals surface area (Å²) in [6, 6.07) is -0.147. The molecule has 2 N–H and O–H groups in total. The molecule has 0 aromatic rings. The molecule has 1 rings (SSSR count). The van der Waals surface area contributed by atoms with Gasteiger partial charge in [0.1, 0.15) is 0 Å². The molecule has 1 unspecified atom stereocenters. The monoisotopic (exact) mass is 199 g/mol. The Balaban J connectivity index is 2.34. The zero-order chi connectivity index (χ0) is 10.6. The fourth-order valence-electron chi connectivity index (χ4n) is 1.53. The van der Waals surface area contributed by atoms with Crippen LogP contribution in [0.4, 0.5) is 0 Å². The zero-order valence-corrected chi connectivity index (χ0v) is 8.45. The Morgan fingerprint density at radius 3 is 2.57 bits per heavy atom. The van der Waals surface area contributed by atoms with E-state index >= 15 is 0 Å². The Morgan fingerprint density at radius 2 is 2.14 bits per heavy atom. The summed E-state index contributed by atoms with van der Waals surface area (Å²) in [7, 11) is 0. The number of carboxylic acids is 1. The van der Waals surface area contributed by atoms with E-state index in [0.29, 0.717) is 12.3 Å². The van der Waals surface area contributed by atoms with Gasteiger partial charge in [-0.2, -0.15) is 0 Å². The number of carbonyl (C=O) groups excluding carboxylic acids is 1. The number of hydrogen-bond acceptors (Lipinski definition) is 2. The third kappa shape index (κ3) is 3.77. The van der Waals surface area contributed by atoms with Gasteiger partial charge < -0.3 is 10.4 Å². The van der Waals surface area contributed by atoms with Crippen molar-refractivity contribution in [1.82, 2.24) is 5.32 Å². The van der Waals surface area contributed by atoms with Gasteiger partial charge in [-0.1, -0.05) is 6.92 Å². The Hall–Kier alpha value is -1.06. The van der Waals surface area contributed by atoms with Crippen molar-refractivity contribution in [2.45, 2.75) is 45.1 Å². The maximum absolute atomic E-state index is 11.3. The number of carbonyl (C=O) groups is 2. The Morgan fingerprint density at radius 1 is 1.50 bits per heavy atom. The summed E-state index contributed by atoms with van der Waals surface area (Å²) in [6.45, 7) is 1.93. The predicted octanol–water partition coefficient (Wildman–Crippen LogP) is 1.16. The zero-order valence-electron chi connectivity index (χ0n) is 8.45. The van der Waals surface area contributed by atoms with Gasteiger partial charge in [-0.05, 0) is 25.2 Å². The van der Waals surface area contributed by atoms with Crippen LogP contribution < -0.4 is 5.32 Å². The van der Waals surface area contributed by atoms with Crippen molar-refractivity contribution < 1.29 is 14.7 Å². The van der Waals surface area contributed by atoms with E-state index in [1.54, 1.807) is 0 Å². The number of aliphatic carboxylic acids is 1. The smallest absolute Gasteiger partial charge is 0.305 e. The van der Waals surface area contributed by atoms with Crippen molar-refractivity contribution in [3.63, 3.8) is 0 Å². The first kappa shape index (κ1) is 11.0. The van der Waals surface area contributed by atoms with E-state index in [1.165, 1.54) is 0 Å². The molecule has 4 heteroatoms. The van der Waals surface area contributed by atoms with Gasteiger partial charge in [-0.25, -0.2) is 0 Å². The topological polar surface area (TPSA) is 66.4 Å². The summed E-state index contributed by atoms with van der Waals surface area (Å²) in [5.74, 6) is -0.462. The minimum absolute atomic E-state index is 0.0225. The molecule has 0 spiro atoms. The van der Waals surface area contributed by atoms with Crippen LogP contribution in [0.3, 0.4) is 0 Å². The minimum atomic E-state index is -0.835. The second-order valence-corrected chi connectivity index (χ2v) is 3.86. The lowest BCUT2D eigenvalue weighted by Crippen LogP contribution is -2.37. The highest BCUT2D eigenvalue weighted by Crippen LogP contribution is 2.34. The second-order valence-electron chi connectivity index (χ2n) is 3.86. The van der Waals surface area contributed by atoms with Gasteiger partial charge >= 0.3 is 5.97 Å². The summed E-state index contributed by atoms with van der Waals surface area (Å²) in [6.07, 6.45) is 3.44. The van der Waals surface area contributed by atoms with E-state index in [2.05, 4.69) is 5.32 Å². The van der Waals surface area contributed by atoms with Gasteiger partial charge in [-0.15, -0.1) is 0 Å². The molecule has 1 aliphatic rings. The van der Waals surface area contributed by atoms with Crippen LogP contribution in [-0.2, 0) is 9.59 Å². The molecule has 0 aliphatic heterocycles. The molecule has 1 fully saturated rings. The van der Waals surface area contributed by atoms with Gasteiger partial charge in [0.15, 0.2) is 0 Å². The number of nitrogens with one attached hydrogen (secondary N) is 1. The highest BCUT2D eigenvalue weighted by molar-refractivity contribution is 5.77. The van der Waals surface area contributed by atoms with Crippen LogP contribution in [0.2, 0.25) is 0 Å². The van der Waals surface area contributed by atoms with Crippen molar-refractivity contribution in [3.8, 4) is 0 Å². The maximum atomic E-state index is 11.3. The van der Waals surface area contributed by atoms with Gasteiger partial charge in [0.25, 0.3) is 0 Å². The quantitative estimate of drug-likeness (QED) is 0.674. The molecular formula is C10H17NO3. The van der Waals surface area contributed by atoms with E-state index in [9.17, 15) is 9.59 Å². The fraction of sp³-hybridized carbons (Fsp3) is 0.800. The first-order chi connectivity index (χ1) is 6.63. The third-order valence-electron chi connectivity index (χ3n) is 2.41. The van der Waals surface area contributed by atoms with Crippen molar-refractivity contribution >= 4 is 11.9 Å². The van der Waals surface area contributed by atoms with Crippen LogP contribution in [0.25, 0.3) is 0 Å². The Kier molecular flexibility index (Phi) is 3.92. The molecule has 1 atom stereocenters. The van der Waals surface area contributed by atoms with Crippen LogP contribution >= 0.6 is 0 Å². The van der Waals surface area contributed by atoms with E-state index in [1.807, 2.05) is 6.92 Å². The molecule has 0 aromatic carbocycles. The van der Waals surface area contributed by atoms with E-state index in [0.717, 1.165) is 19.3 Å². The number of carboxylic acid groups (broad SMARTS) is 1. The van der Waals surface area contributed by atoms with E-state index in [-0.39, 0.29) is 18.4 Å². The van der Waals surface area contributed by atoms with Crippen LogP contribution in [0.5, 0.6) is 0 Å². The normalized spacial score (nSPS) is 17.5. The van der Waals surface area contributed by atoms with Gasteiger partial charge in [0.05, 0.1) is 6.42 Å². The molecule has 0 bridgehead atoms. The van der Waals surface area contributed by atoms with E-state index < -0.39 is 5.97 Å². The highest BCUT2D eigenvalue weighted by Gasteiger charge is 2.33. The molecule has 14 heavy (non-hydrogen) atoms. The average molecular weight is 199 g/mol. The summed E-state index contributed by atoms with van der Waals surface area (Å²) in [5.41, 5.74) is 0. The maximum Gasteiger partial charge on any atom is 0.305 e. The van der Waals surface area contributed by atoms with Crippen molar-refractivity contribution in [3.05, 3.63) is 0 Å². The van der Waals surface area contributed by atoms with Gasteiger partial charge in [0.2, 0.25) is 5.91 Å². The molecule has 1 amide bonds. The minimum Gasteiger partial charge on any atom is -0.481 e. The van der Waals surface area contributed by atoms with Crippen LogP contribution in [0.1, 0.15) is 39.0 Å². The average Bonchev–Trinajstić information content (AvgIpc) is 2.84. The summed E-state index contributed by atoms with van der Waals surface area (Å²) in [4.78, 5) is 21.8. The molecule has 0 heterocycles. The van der Waals surface area contributed by atoms with Gasteiger partial charge in [0, 0.05) is 12.5 Å². The van der Waals surface area contributed by atoms with Crippen LogP contribution in [0, 0.1) is 5.92 Å². The van der Waals surface area contributed by atoms with Crippen LogP contribution in [0.15, 0.2) is 0 Å². The summed E-state index contributed by atoms with van der Waals surface area (Å²) in [5, 5.41) is 11.4. The molecular weight excluding hydrogens is 182 g/mol. The number of amides is 1. The predicted molar refractivity (Wildman–Crippen MR) is 51.8 cm³/mol. The van der Waals surface area contributed by atoms with Crippen molar-refractivity contribution in [1.29, 1.82) is 0 Å². The van der Waals surface area contributed by atoms with Gasteiger partial charge in [-0.3, -0.25) is 9.59 Å².